The third-order valence-corrected chi connectivity index (χ3v) is 4.98. The molecule has 122 valence electrons. The van der Waals surface area contributed by atoms with Crippen LogP contribution in [0, 0.1) is 11.6 Å². The molecule has 1 aromatic carbocycles. The number of hydrogen-bond acceptors (Lipinski definition) is 5. The molecule has 1 atom stereocenters. The van der Waals surface area contributed by atoms with Crippen molar-refractivity contribution in [2.24, 2.45) is 0 Å². The number of nitrogens with zero attached hydrogens (tertiary/aromatic N) is 3. The van der Waals surface area contributed by atoms with E-state index in [1.54, 1.807) is 4.90 Å². The predicted octanol–water partition coefficient (Wildman–Crippen LogP) is 2.56. The quantitative estimate of drug-likeness (QED) is 0.927. The highest BCUT2D eigenvalue weighted by Gasteiger charge is 2.35. The minimum Gasteiger partial charge on any atom is -0.480 e. The predicted molar refractivity (Wildman–Crippen MR) is 80.1 cm³/mol. The summed E-state index contributed by atoms with van der Waals surface area (Å²) in [5.41, 5.74) is 0.461. The van der Waals surface area contributed by atoms with Crippen molar-refractivity contribution in [2.75, 3.05) is 6.54 Å². The first-order valence-corrected chi connectivity index (χ1v) is 8.07. The van der Waals surface area contributed by atoms with Gasteiger partial charge in [-0.2, -0.15) is 0 Å². The van der Waals surface area contributed by atoms with Gasteiger partial charge in [-0.1, -0.05) is 13.0 Å². The molecule has 1 aliphatic rings. The second-order valence-corrected chi connectivity index (χ2v) is 6.48. The van der Waals surface area contributed by atoms with Crippen LogP contribution in [0.1, 0.15) is 34.1 Å². The van der Waals surface area contributed by atoms with E-state index in [9.17, 15) is 18.7 Å². The number of aromatic nitrogens is 2. The SMILES string of the molecule is CCc1nnc(CN2CCc3c(ccc(F)c3F)C2C(=O)O)s1. The lowest BCUT2D eigenvalue weighted by atomic mass is 9.92. The minimum absolute atomic E-state index is 0.153. The normalized spacial score (nSPS) is 18.0. The molecule has 23 heavy (non-hydrogen) atoms. The van der Waals surface area contributed by atoms with E-state index in [1.165, 1.54) is 17.4 Å². The van der Waals surface area contributed by atoms with Gasteiger partial charge in [-0.05, 0) is 30.0 Å². The summed E-state index contributed by atoms with van der Waals surface area (Å²) >= 11 is 1.44. The number of carboxylic acid groups (broad SMARTS) is 1. The molecular formula is C15H15F2N3O2S. The highest BCUT2D eigenvalue weighted by atomic mass is 32.1. The Morgan fingerprint density at radius 2 is 2.13 bits per heavy atom. The van der Waals surface area contributed by atoms with Crippen molar-refractivity contribution in [3.8, 4) is 0 Å². The molecule has 1 unspecified atom stereocenters. The van der Waals surface area contributed by atoms with Gasteiger partial charge < -0.3 is 5.11 Å². The molecule has 8 heteroatoms. The van der Waals surface area contributed by atoms with Crippen LogP contribution in [0.2, 0.25) is 0 Å². The Labute approximate surface area is 135 Å². The van der Waals surface area contributed by atoms with Crippen LogP contribution in [0.15, 0.2) is 12.1 Å². The maximum absolute atomic E-state index is 13.9. The van der Waals surface area contributed by atoms with Crippen molar-refractivity contribution in [3.63, 3.8) is 0 Å². The standard InChI is InChI=1S/C15H15F2N3O2S/c1-2-11-18-19-12(23-11)7-20-6-5-8-9(14(20)15(21)22)3-4-10(16)13(8)17/h3-4,14H,2,5-7H2,1H3,(H,21,22). The first kappa shape index (κ1) is 15.9. The molecule has 0 amide bonds. The topological polar surface area (TPSA) is 66.3 Å². The Kier molecular flexibility index (Phi) is 4.36. The molecular weight excluding hydrogens is 324 g/mol. The van der Waals surface area contributed by atoms with E-state index in [0.717, 1.165) is 22.5 Å². The van der Waals surface area contributed by atoms with Crippen LogP contribution in [0.25, 0.3) is 0 Å². The number of benzene rings is 1. The number of rotatable bonds is 4. The second-order valence-electron chi connectivity index (χ2n) is 5.33. The Morgan fingerprint density at radius 1 is 1.39 bits per heavy atom. The summed E-state index contributed by atoms with van der Waals surface area (Å²) in [5.74, 6) is -2.98. The summed E-state index contributed by atoms with van der Waals surface area (Å²) in [7, 11) is 0. The number of halogens is 2. The molecule has 0 aliphatic carbocycles. The van der Waals surface area contributed by atoms with Gasteiger partial charge in [0.25, 0.3) is 0 Å². The number of aliphatic carboxylic acids is 1. The monoisotopic (exact) mass is 339 g/mol. The Hall–Kier alpha value is -1.93. The fraction of sp³-hybridized carbons (Fsp3) is 0.400. The zero-order valence-corrected chi connectivity index (χ0v) is 13.2. The van der Waals surface area contributed by atoms with Crippen LogP contribution in [0.5, 0.6) is 0 Å². The number of hydrogen-bond donors (Lipinski definition) is 1. The van der Waals surface area contributed by atoms with Gasteiger partial charge in [0.2, 0.25) is 0 Å². The van der Waals surface area contributed by atoms with E-state index in [0.29, 0.717) is 18.7 Å². The van der Waals surface area contributed by atoms with Crippen LogP contribution < -0.4 is 0 Å². The molecule has 2 heterocycles. The van der Waals surface area contributed by atoms with Gasteiger partial charge in [0.15, 0.2) is 11.6 Å². The van der Waals surface area contributed by atoms with E-state index in [2.05, 4.69) is 10.2 Å². The molecule has 0 bridgehead atoms. The number of aryl methyl sites for hydroxylation is 1. The Bertz CT molecular complexity index is 750. The van der Waals surface area contributed by atoms with Crippen LogP contribution in [-0.4, -0.2) is 32.7 Å². The van der Waals surface area contributed by atoms with E-state index in [4.69, 9.17) is 0 Å². The van der Waals surface area contributed by atoms with Crippen molar-refractivity contribution >= 4 is 17.3 Å². The van der Waals surface area contributed by atoms with Gasteiger partial charge in [0.05, 0.1) is 6.54 Å². The van der Waals surface area contributed by atoms with Crippen molar-refractivity contribution in [2.45, 2.75) is 32.4 Å². The number of carboxylic acids is 1. The van der Waals surface area contributed by atoms with Gasteiger partial charge in [-0.15, -0.1) is 21.5 Å². The van der Waals surface area contributed by atoms with Crippen LogP contribution in [-0.2, 0) is 24.2 Å². The van der Waals surface area contributed by atoms with Gasteiger partial charge in [0.1, 0.15) is 16.1 Å². The summed E-state index contributed by atoms with van der Waals surface area (Å²) in [6.07, 6.45) is 1.04. The van der Waals surface area contributed by atoms with Crippen molar-refractivity contribution in [3.05, 3.63) is 44.9 Å². The molecule has 0 fully saturated rings. The fourth-order valence-electron chi connectivity index (χ4n) is 2.83. The largest absolute Gasteiger partial charge is 0.480 e. The van der Waals surface area contributed by atoms with Crippen LogP contribution in [0.4, 0.5) is 8.78 Å². The fourth-order valence-corrected chi connectivity index (χ4v) is 3.64. The number of fused-ring (bicyclic) bond motifs is 1. The molecule has 0 saturated heterocycles. The average molecular weight is 339 g/mol. The molecule has 1 aliphatic heterocycles. The van der Waals surface area contributed by atoms with Crippen LogP contribution in [0.3, 0.4) is 0 Å². The third-order valence-electron chi connectivity index (χ3n) is 3.92. The molecule has 0 saturated carbocycles. The Morgan fingerprint density at radius 3 is 2.78 bits per heavy atom. The molecule has 3 rings (SSSR count). The Balaban J connectivity index is 1.93. The summed E-state index contributed by atoms with van der Waals surface area (Å²) in [5, 5.41) is 19.2. The minimum atomic E-state index is -1.09. The summed E-state index contributed by atoms with van der Waals surface area (Å²) in [4.78, 5) is 13.4. The van der Waals surface area contributed by atoms with Gasteiger partial charge in [-0.25, -0.2) is 8.78 Å². The summed E-state index contributed by atoms with van der Waals surface area (Å²) in [6, 6.07) is 1.33. The molecule has 1 N–H and O–H groups in total. The molecule has 0 spiro atoms. The number of carbonyl (C=O) groups is 1. The first-order chi connectivity index (χ1) is 11.0. The lowest BCUT2D eigenvalue weighted by Crippen LogP contribution is -2.39. The van der Waals surface area contributed by atoms with E-state index >= 15 is 0 Å². The zero-order valence-electron chi connectivity index (χ0n) is 12.4. The maximum atomic E-state index is 13.9. The molecule has 5 nitrogen and oxygen atoms in total. The van der Waals surface area contributed by atoms with E-state index in [1.807, 2.05) is 6.92 Å². The smallest absolute Gasteiger partial charge is 0.325 e. The summed E-state index contributed by atoms with van der Waals surface area (Å²) < 4.78 is 27.3. The zero-order chi connectivity index (χ0) is 16.6. The molecule has 1 aromatic heterocycles. The first-order valence-electron chi connectivity index (χ1n) is 7.26. The second kappa shape index (κ2) is 6.29. The van der Waals surface area contributed by atoms with E-state index in [-0.39, 0.29) is 12.0 Å². The van der Waals surface area contributed by atoms with Gasteiger partial charge in [0, 0.05) is 6.54 Å². The van der Waals surface area contributed by atoms with Crippen molar-refractivity contribution in [1.82, 2.24) is 15.1 Å². The molecule has 2 aromatic rings. The lowest BCUT2D eigenvalue weighted by Gasteiger charge is -2.34. The lowest BCUT2D eigenvalue weighted by molar-refractivity contribution is -0.144. The van der Waals surface area contributed by atoms with Crippen molar-refractivity contribution in [1.29, 1.82) is 0 Å². The highest BCUT2D eigenvalue weighted by molar-refractivity contribution is 7.11. The highest BCUT2D eigenvalue weighted by Crippen LogP contribution is 2.33. The van der Waals surface area contributed by atoms with E-state index < -0.39 is 23.6 Å². The van der Waals surface area contributed by atoms with Crippen molar-refractivity contribution < 1.29 is 18.7 Å². The summed E-state index contributed by atoms with van der Waals surface area (Å²) in [6.45, 7) is 2.62. The average Bonchev–Trinajstić information content (AvgIpc) is 2.98. The van der Waals surface area contributed by atoms with Gasteiger partial charge in [-0.3, -0.25) is 9.69 Å². The van der Waals surface area contributed by atoms with Crippen LogP contribution >= 0.6 is 11.3 Å². The maximum Gasteiger partial charge on any atom is 0.325 e. The molecule has 0 radical (unpaired) electrons. The van der Waals surface area contributed by atoms with Gasteiger partial charge >= 0.3 is 5.97 Å². The third kappa shape index (κ3) is 2.96.